The Kier molecular flexibility index (Phi) is 8.67. The highest BCUT2D eigenvalue weighted by Crippen LogP contribution is 2.40. The molecule has 0 amide bonds. The molecule has 5 N–H and O–H groups in total. The van der Waals surface area contributed by atoms with Gasteiger partial charge in [-0.05, 0) is 41.1 Å². The summed E-state index contributed by atoms with van der Waals surface area (Å²) in [7, 11) is 1.89. The van der Waals surface area contributed by atoms with E-state index in [4.69, 9.17) is 16.2 Å². The molecule has 1 heterocycles. The third-order valence-corrected chi connectivity index (χ3v) is 6.28. The fourth-order valence-corrected chi connectivity index (χ4v) is 4.71. The number of fused-ring (bicyclic) bond motifs is 1. The van der Waals surface area contributed by atoms with Crippen molar-refractivity contribution in [3.63, 3.8) is 0 Å². The molecule has 3 rings (SSSR count). The maximum absolute atomic E-state index is 13.0. The number of halogens is 2. The minimum atomic E-state index is -0.445. The molecule has 2 aromatic carbocycles. The zero-order chi connectivity index (χ0) is 21.8. The molecule has 0 saturated heterocycles. The Morgan fingerprint density at radius 1 is 1.29 bits per heavy atom. The van der Waals surface area contributed by atoms with E-state index in [1.165, 1.54) is 0 Å². The number of aliphatic imine (C=N–C) groups is 1. The molecule has 0 atom stereocenters. The van der Waals surface area contributed by atoms with E-state index in [9.17, 15) is 9.90 Å². The second-order valence-electron chi connectivity index (χ2n) is 6.52. The summed E-state index contributed by atoms with van der Waals surface area (Å²) in [5.74, 6) is -0.00922. The zero-order valence-corrected chi connectivity index (χ0v) is 20.3. The maximum atomic E-state index is 13.0. The van der Waals surface area contributed by atoms with Crippen LogP contribution < -0.4 is 11.5 Å². The molecule has 0 aliphatic heterocycles. The van der Waals surface area contributed by atoms with Crippen LogP contribution in [0.15, 0.2) is 50.8 Å². The predicted octanol–water partition coefficient (Wildman–Crippen LogP) is 4.31. The van der Waals surface area contributed by atoms with Crippen molar-refractivity contribution in [1.29, 1.82) is 0 Å². The number of guanidine groups is 1. The monoisotopic (exact) mass is 526 g/mol. The van der Waals surface area contributed by atoms with Gasteiger partial charge in [0, 0.05) is 34.3 Å². The molecule has 0 aliphatic carbocycles. The largest absolute Gasteiger partial charge is 0.506 e. The van der Waals surface area contributed by atoms with Crippen molar-refractivity contribution in [3.8, 4) is 5.75 Å². The molecular weight excluding hydrogens is 504 g/mol. The van der Waals surface area contributed by atoms with Crippen molar-refractivity contribution < 1.29 is 14.6 Å². The van der Waals surface area contributed by atoms with Gasteiger partial charge >= 0.3 is 5.97 Å². The number of rotatable bonds is 7. The van der Waals surface area contributed by atoms with Gasteiger partial charge in [-0.15, -0.1) is 24.2 Å². The van der Waals surface area contributed by atoms with E-state index in [0.717, 1.165) is 16.1 Å². The Bertz CT molecular complexity index is 1120. The molecule has 10 heteroatoms. The summed E-state index contributed by atoms with van der Waals surface area (Å²) in [5, 5.41) is 11.3. The van der Waals surface area contributed by atoms with Crippen LogP contribution in [0.25, 0.3) is 10.9 Å². The molecule has 7 nitrogen and oxygen atoms in total. The van der Waals surface area contributed by atoms with Crippen LogP contribution in [-0.2, 0) is 24.1 Å². The summed E-state index contributed by atoms with van der Waals surface area (Å²) in [6.45, 7) is 2.04. The van der Waals surface area contributed by atoms with Crippen molar-refractivity contribution >= 4 is 62.9 Å². The molecule has 0 spiro atoms. The molecule has 0 aliphatic rings. The van der Waals surface area contributed by atoms with Crippen LogP contribution in [0, 0.1) is 0 Å². The van der Waals surface area contributed by atoms with E-state index < -0.39 is 5.97 Å². The maximum Gasteiger partial charge on any atom is 0.340 e. The summed E-state index contributed by atoms with van der Waals surface area (Å²) >= 11 is 5.00. The number of nitrogens with two attached hydrogens (primary N) is 2. The molecule has 31 heavy (non-hydrogen) atoms. The fraction of sp³-hybridized carbons (Fsp3) is 0.238. The van der Waals surface area contributed by atoms with Gasteiger partial charge in [0.05, 0.1) is 28.7 Å². The number of aromatic nitrogens is 1. The van der Waals surface area contributed by atoms with E-state index in [-0.39, 0.29) is 37.3 Å². The first kappa shape index (κ1) is 24.9. The van der Waals surface area contributed by atoms with Gasteiger partial charge in [0.2, 0.25) is 0 Å². The Labute approximate surface area is 199 Å². The number of aryl methyl sites for hydroxylation is 1. The number of ether oxygens (including phenoxy) is 1. The summed E-state index contributed by atoms with van der Waals surface area (Å²) in [5.41, 5.74) is 13.4. The number of phenols is 1. The minimum absolute atomic E-state index is 0. The standard InChI is InChI=1S/C21H23BrN4O3S.ClH/c1-3-29-20(28)18-16(11-30-12-7-5-4-6-8-12)26(2)15-9-14(22)19(27)13(17(15)18)10-25-21(23)24;/h4-9,27H,3,10-11H2,1-2H3,(H4,23,24,25);1H. The lowest BCUT2D eigenvalue weighted by Crippen LogP contribution is -2.22. The van der Waals surface area contributed by atoms with E-state index in [2.05, 4.69) is 20.9 Å². The topological polar surface area (TPSA) is 116 Å². The van der Waals surface area contributed by atoms with Gasteiger partial charge in [0.25, 0.3) is 0 Å². The van der Waals surface area contributed by atoms with Gasteiger partial charge in [-0.2, -0.15) is 0 Å². The number of hydrogen-bond acceptors (Lipinski definition) is 5. The number of phenolic OH excluding ortho intramolecular Hbond substituents is 1. The van der Waals surface area contributed by atoms with Gasteiger partial charge in [-0.25, -0.2) is 9.79 Å². The molecule has 0 saturated carbocycles. The fourth-order valence-electron chi connectivity index (χ4n) is 3.26. The molecule has 0 fully saturated rings. The lowest BCUT2D eigenvalue weighted by atomic mass is 10.0. The summed E-state index contributed by atoms with van der Waals surface area (Å²) in [6.07, 6.45) is 0. The SMILES string of the molecule is CCOC(=O)c1c(CSc2ccccc2)n(C)c2cc(Br)c(O)c(CN=C(N)N)c12.Cl. The number of aromatic hydroxyl groups is 1. The van der Waals surface area contributed by atoms with Gasteiger partial charge in [-0.1, -0.05) is 18.2 Å². The zero-order valence-electron chi connectivity index (χ0n) is 17.1. The van der Waals surface area contributed by atoms with Crippen LogP contribution in [0.3, 0.4) is 0 Å². The van der Waals surface area contributed by atoms with E-state index in [0.29, 0.717) is 26.7 Å². The number of hydrogen-bond donors (Lipinski definition) is 3. The Balaban J connectivity index is 0.00000341. The van der Waals surface area contributed by atoms with E-state index in [1.54, 1.807) is 24.8 Å². The van der Waals surface area contributed by atoms with Crippen LogP contribution in [0.4, 0.5) is 0 Å². The molecule has 166 valence electrons. The first-order valence-electron chi connectivity index (χ1n) is 9.27. The molecular formula is C21H24BrClN4O3S. The average molecular weight is 528 g/mol. The van der Waals surface area contributed by atoms with Crippen molar-refractivity contribution in [3.05, 3.63) is 57.7 Å². The van der Waals surface area contributed by atoms with Crippen LogP contribution in [0.2, 0.25) is 0 Å². The van der Waals surface area contributed by atoms with Crippen LogP contribution in [-0.4, -0.2) is 28.2 Å². The van der Waals surface area contributed by atoms with Crippen molar-refractivity contribution in [2.45, 2.75) is 24.1 Å². The molecule has 0 bridgehead atoms. The molecule has 0 unspecified atom stereocenters. The van der Waals surface area contributed by atoms with Gasteiger partial charge in [-0.3, -0.25) is 0 Å². The Morgan fingerprint density at radius 3 is 2.58 bits per heavy atom. The van der Waals surface area contributed by atoms with Crippen molar-refractivity contribution in [2.75, 3.05) is 6.61 Å². The van der Waals surface area contributed by atoms with Gasteiger partial charge in [0.15, 0.2) is 5.96 Å². The summed E-state index contributed by atoms with van der Waals surface area (Å²) in [4.78, 5) is 18.1. The lowest BCUT2D eigenvalue weighted by molar-refractivity contribution is 0.0527. The van der Waals surface area contributed by atoms with E-state index in [1.807, 2.05) is 41.9 Å². The van der Waals surface area contributed by atoms with Crippen LogP contribution in [0.1, 0.15) is 28.5 Å². The lowest BCUT2D eigenvalue weighted by Gasteiger charge is -2.09. The smallest absolute Gasteiger partial charge is 0.340 e. The second-order valence-corrected chi connectivity index (χ2v) is 8.43. The first-order valence-corrected chi connectivity index (χ1v) is 11.0. The van der Waals surface area contributed by atoms with Crippen molar-refractivity contribution in [1.82, 2.24) is 4.57 Å². The third-order valence-electron chi connectivity index (χ3n) is 4.66. The molecule has 1 aromatic heterocycles. The predicted molar refractivity (Wildman–Crippen MR) is 131 cm³/mol. The number of carbonyl (C=O) groups excluding carboxylic acids is 1. The van der Waals surface area contributed by atoms with Crippen LogP contribution >= 0.6 is 40.1 Å². The Morgan fingerprint density at radius 2 is 1.97 bits per heavy atom. The second kappa shape index (κ2) is 10.8. The summed E-state index contributed by atoms with van der Waals surface area (Å²) < 4.78 is 7.79. The van der Waals surface area contributed by atoms with Gasteiger partial charge in [0.1, 0.15) is 5.75 Å². The Hall–Kier alpha value is -2.36. The van der Waals surface area contributed by atoms with Crippen molar-refractivity contribution in [2.24, 2.45) is 23.5 Å². The van der Waals surface area contributed by atoms with E-state index >= 15 is 0 Å². The van der Waals surface area contributed by atoms with Gasteiger partial charge < -0.3 is 25.9 Å². The highest BCUT2D eigenvalue weighted by atomic mass is 79.9. The normalized spacial score (nSPS) is 10.5. The molecule has 0 radical (unpaired) electrons. The third kappa shape index (κ3) is 5.28. The van der Waals surface area contributed by atoms with Crippen LogP contribution in [0.5, 0.6) is 5.75 Å². The number of carbonyl (C=O) groups is 1. The minimum Gasteiger partial charge on any atom is -0.506 e. The first-order chi connectivity index (χ1) is 14.3. The summed E-state index contributed by atoms with van der Waals surface area (Å²) in [6, 6.07) is 11.7. The highest BCUT2D eigenvalue weighted by molar-refractivity contribution is 9.10. The number of esters is 1. The highest BCUT2D eigenvalue weighted by Gasteiger charge is 2.27. The number of nitrogens with zero attached hydrogens (tertiary/aromatic N) is 2. The number of benzene rings is 2. The quantitative estimate of drug-likeness (QED) is 0.182. The average Bonchev–Trinajstić information content (AvgIpc) is 2.99. The number of thioether (sulfide) groups is 1. The molecule has 3 aromatic rings.